The number of carbonyl (C=O) groups is 2. The number of benzene rings is 2. The molecular formula is C26H28N2O7. The largest absolute Gasteiger partial charge is 0.494 e. The lowest BCUT2D eigenvalue weighted by molar-refractivity contribution is 0.0951. The van der Waals surface area contributed by atoms with E-state index in [1.54, 1.807) is 6.07 Å². The second-order valence-electron chi connectivity index (χ2n) is 8.00. The third-order valence-electron chi connectivity index (χ3n) is 5.58. The third kappa shape index (κ3) is 5.18. The van der Waals surface area contributed by atoms with E-state index in [0.717, 1.165) is 23.3 Å². The molecule has 0 saturated heterocycles. The minimum atomic E-state index is -0.500. The normalized spacial score (nSPS) is 14.0. The topological polar surface area (TPSA) is 108 Å². The molecule has 35 heavy (non-hydrogen) atoms. The van der Waals surface area contributed by atoms with E-state index in [-0.39, 0.29) is 29.7 Å². The minimum Gasteiger partial charge on any atom is -0.494 e. The molecule has 9 heteroatoms. The van der Waals surface area contributed by atoms with Crippen LogP contribution in [0.15, 0.2) is 47.1 Å². The summed E-state index contributed by atoms with van der Waals surface area (Å²) >= 11 is 0. The highest BCUT2D eigenvalue weighted by atomic mass is 16.5. The maximum absolute atomic E-state index is 13.3. The highest BCUT2D eigenvalue weighted by Gasteiger charge is 2.23. The zero-order valence-corrected chi connectivity index (χ0v) is 20.1. The van der Waals surface area contributed by atoms with Crippen molar-refractivity contribution in [2.24, 2.45) is 0 Å². The Morgan fingerprint density at radius 1 is 1.06 bits per heavy atom. The molecule has 2 heterocycles. The molecule has 1 aliphatic rings. The van der Waals surface area contributed by atoms with Crippen LogP contribution in [0.25, 0.3) is 0 Å². The molecule has 184 valence electrons. The van der Waals surface area contributed by atoms with Gasteiger partial charge in [0.25, 0.3) is 11.8 Å². The number of methoxy groups -OCH3 is 2. The highest BCUT2D eigenvalue weighted by Crippen LogP contribution is 2.36. The Hall–Kier alpha value is -4.14. The molecule has 9 nitrogen and oxygen atoms in total. The fourth-order valence-corrected chi connectivity index (χ4v) is 3.94. The van der Waals surface area contributed by atoms with Crippen LogP contribution in [0.4, 0.5) is 5.69 Å². The maximum Gasteiger partial charge on any atom is 0.291 e. The molecule has 1 aliphatic heterocycles. The number of carbonyl (C=O) groups excluding carboxylic acids is 2. The van der Waals surface area contributed by atoms with Crippen molar-refractivity contribution in [1.82, 2.24) is 5.32 Å². The van der Waals surface area contributed by atoms with Crippen LogP contribution >= 0.6 is 0 Å². The summed E-state index contributed by atoms with van der Waals surface area (Å²) in [6, 6.07) is 10.1. The van der Waals surface area contributed by atoms with Crippen LogP contribution in [-0.4, -0.2) is 38.7 Å². The van der Waals surface area contributed by atoms with Crippen molar-refractivity contribution >= 4 is 17.5 Å². The summed E-state index contributed by atoms with van der Waals surface area (Å²) in [7, 11) is 2.95. The van der Waals surface area contributed by atoms with Crippen molar-refractivity contribution < 1.29 is 33.0 Å². The summed E-state index contributed by atoms with van der Waals surface area (Å²) in [5.41, 5.74) is 2.32. The zero-order valence-electron chi connectivity index (χ0n) is 20.1. The van der Waals surface area contributed by atoms with Crippen LogP contribution in [0.1, 0.15) is 45.9 Å². The van der Waals surface area contributed by atoms with Crippen LogP contribution in [0.2, 0.25) is 0 Å². The van der Waals surface area contributed by atoms with E-state index in [4.69, 9.17) is 23.4 Å². The number of nitrogens with one attached hydrogen (secondary N) is 2. The lowest BCUT2D eigenvalue weighted by Crippen LogP contribution is -2.25. The van der Waals surface area contributed by atoms with E-state index < -0.39 is 11.8 Å². The van der Waals surface area contributed by atoms with Crippen LogP contribution in [0.3, 0.4) is 0 Å². The van der Waals surface area contributed by atoms with E-state index in [9.17, 15) is 9.59 Å². The number of hydrogen-bond acceptors (Lipinski definition) is 7. The fraction of sp³-hybridized carbons (Fsp3) is 0.308. The van der Waals surface area contributed by atoms with E-state index in [1.165, 1.54) is 38.7 Å². The number of rotatable bonds is 9. The standard InChI is InChI=1S/C26H28N2O7/c1-5-33-21-10-16-9-15(2)35-22(16)11-17(21)14-27-25(29)18-12-23(31-3)24(32-4)13-19(18)28-26(30)20-7-6-8-34-20/h6-8,10-13,15H,5,9,14H2,1-4H3,(H,27,29)(H,28,30)/t15-/m0/s1. The van der Waals surface area contributed by atoms with Gasteiger partial charge in [0, 0.05) is 30.2 Å². The average Bonchev–Trinajstić information content (AvgIpc) is 3.51. The molecular weight excluding hydrogens is 452 g/mol. The molecule has 2 aromatic carbocycles. The maximum atomic E-state index is 13.3. The van der Waals surface area contributed by atoms with E-state index in [0.29, 0.717) is 23.9 Å². The Morgan fingerprint density at radius 2 is 1.83 bits per heavy atom. The molecule has 1 atom stereocenters. The summed E-state index contributed by atoms with van der Waals surface area (Å²) in [4.78, 5) is 25.9. The molecule has 0 saturated carbocycles. The number of fused-ring (bicyclic) bond motifs is 1. The van der Waals surface area contributed by atoms with Crippen molar-refractivity contribution in [3.05, 3.63) is 65.1 Å². The van der Waals surface area contributed by atoms with Gasteiger partial charge in [-0.1, -0.05) is 0 Å². The Kier molecular flexibility index (Phi) is 7.14. The van der Waals surface area contributed by atoms with Gasteiger partial charge in [-0.15, -0.1) is 0 Å². The van der Waals surface area contributed by atoms with Gasteiger partial charge in [0.15, 0.2) is 17.3 Å². The summed E-state index contributed by atoms with van der Waals surface area (Å²) in [6.45, 7) is 4.61. The molecule has 2 N–H and O–H groups in total. The first-order valence-electron chi connectivity index (χ1n) is 11.3. The van der Waals surface area contributed by atoms with Crippen molar-refractivity contribution in [3.63, 3.8) is 0 Å². The molecule has 3 aromatic rings. The Labute approximate surface area is 203 Å². The predicted molar refractivity (Wildman–Crippen MR) is 129 cm³/mol. The first-order valence-corrected chi connectivity index (χ1v) is 11.3. The fourth-order valence-electron chi connectivity index (χ4n) is 3.94. The second kappa shape index (κ2) is 10.4. The molecule has 0 radical (unpaired) electrons. The molecule has 2 amide bonds. The van der Waals surface area contributed by atoms with Crippen molar-refractivity contribution in [3.8, 4) is 23.0 Å². The first-order chi connectivity index (χ1) is 16.9. The molecule has 4 rings (SSSR count). The summed E-state index contributed by atoms with van der Waals surface area (Å²) in [6.07, 6.45) is 2.30. The minimum absolute atomic E-state index is 0.0939. The smallest absolute Gasteiger partial charge is 0.291 e. The van der Waals surface area contributed by atoms with Gasteiger partial charge in [-0.25, -0.2) is 0 Å². The second-order valence-corrected chi connectivity index (χ2v) is 8.00. The summed E-state index contributed by atoms with van der Waals surface area (Å²) in [5.74, 6) is 1.40. The van der Waals surface area contributed by atoms with Gasteiger partial charge in [0.2, 0.25) is 0 Å². The van der Waals surface area contributed by atoms with Crippen molar-refractivity contribution in [2.45, 2.75) is 32.9 Å². The average molecular weight is 481 g/mol. The lowest BCUT2D eigenvalue weighted by Gasteiger charge is -2.16. The molecule has 0 bridgehead atoms. The van der Waals surface area contributed by atoms with Crippen LogP contribution in [0.5, 0.6) is 23.0 Å². The van der Waals surface area contributed by atoms with Crippen LogP contribution in [-0.2, 0) is 13.0 Å². The summed E-state index contributed by atoms with van der Waals surface area (Å²) < 4.78 is 27.5. The molecule has 0 spiro atoms. The van der Waals surface area contributed by atoms with Gasteiger partial charge >= 0.3 is 0 Å². The number of amides is 2. The van der Waals surface area contributed by atoms with Crippen molar-refractivity contribution in [1.29, 1.82) is 0 Å². The molecule has 0 aliphatic carbocycles. The quantitative estimate of drug-likeness (QED) is 0.472. The van der Waals surface area contributed by atoms with Crippen molar-refractivity contribution in [2.75, 3.05) is 26.1 Å². The van der Waals surface area contributed by atoms with Gasteiger partial charge in [-0.2, -0.15) is 0 Å². The van der Waals surface area contributed by atoms with E-state index in [2.05, 4.69) is 10.6 Å². The molecule has 0 fully saturated rings. The molecule has 0 unspecified atom stereocenters. The van der Waals surface area contributed by atoms with E-state index >= 15 is 0 Å². The van der Waals surface area contributed by atoms with Gasteiger partial charge < -0.3 is 34.0 Å². The van der Waals surface area contributed by atoms with Gasteiger partial charge in [0.1, 0.15) is 17.6 Å². The van der Waals surface area contributed by atoms with Crippen LogP contribution in [0, 0.1) is 0 Å². The number of anilines is 1. The van der Waals surface area contributed by atoms with Gasteiger partial charge in [-0.05, 0) is 44.2 Å². The number of hydrogen-bond donors (Lipinski definition) is 2. The van der Waals surface area contributed by atoms with E-state index in [1.807, 2.05) is 26.0 Å². The Bertz CT molecular complexity index is 1220. The van der Waals surface area contributed by atoms with Crippen LogP contribution < -0.4 is 29.6 Å². The monoisotopic (exact) mass is 480 g/mol. The lowest BCUT2D eigenvalue weighted by atomic mass is 10.1. The highest BCUT2D eigenvalue weighted by molar-refractivity contribution is 6.08. The Morgan fingerprint density at radius 3 is 2.51 bits per heavy atom. The zero-order chi connectivity index (χ0) is 24.9. The Balaban J connectivity index is 1.60. The first kappa shape index (κ1) is 24.0. The van der Waals surface area contributed by atoms with Gasteiger partial charge in [-0.3, -0.25) is 9.59 Å². The number of ether oxygens (including phenoxy) is 4. The summed E-state index contributed by atoms with van der Waals surface area (Å²) in [5, 5.41) is 5.62. The SMILES string of the molecule is CCOc1cc2c(cc1CNC(=O)c1cc(OC)c(OC)cc1NC(=O)c1ccco1)O[C@@H](C)C2. The molecule has 1 aromatic heterocycles. The van der Waals surface area contributed by atoms with Gasteiger partial charge in [0.05, 0.1) is 38.3 Å². The predicted octanol–water partition coefficient (Wildman–Crippen LogP) is 4.20. The third-order valence-corrected chi connectivity index (χ3v) is 5.58. The number of furan rings is 1.